The number of amides is 1. The third kappa shape index (κ3) is 3.47. The molecule has 0 saturated carbocycles. The minimum atomic E-state index is -0.109. The molecular formula is C19H20ClN5O3. The first kappa shape index (κ1) is 18.5. The zero-order valence-corrected chi connectivity index (χ0v) is 16.3. The van der Waals surface area contributed by atoms with Crippen LogP contribution in [0.25, 0.3) is 11.6 Å². The van der Waals surface area contributed by atoms with Gasteiger partial charge in [0.05, 0.1) is 12.1 Å². The Labute approximate surface area is 166 Å². The van der Waals surface area contributed by atoms with E-state index in [-0.39, 0.29) is 17.9 Å². The van der Waals surface area contributed by atoms with E-state index in [0.29, 0.717) is 40.4 Å². The first-order valence-corrected chi connectivity index (χ1v) is 9.42. The zero-order valence-electron chi connectivity index (χ0n) is 15.6. The minimum absolute atomic E-state index is 0.00856. The summed E-state index contributed by atoms with van der Waals surface area (Å²) in [7, 11) is 1.51. The Morgan fingerprint density at radius 2 is 2.29 bits per heavy atom. The minimum Gasteiger partial charge on any atom is -0.480 e. The molecule has 1 saturated heterocycles. The number of carbonyl (C=O) groups excluding carboxylic acids is 1. The molecule has 1 N–H and O–H groups in total. The molecule has 0 unspecified atom stereocenters. The van der Waals surface area contributed by atoms with E-state index in [1.165, 1.54) is 7.11 Å². The predicted octanol–water partition coefficient (Wildman–Crippen LogP) is 3.53. The average Bonchev–Trinajstić information content (AvgIpc) is 3.37. The quantitative estimate of drug-likeness (QED) is 0.718. The van der Waals surface area contributed by atoms with Crippen LogP contribution in [0.5, 0.6) is 5.88 Å². The molecular weight excluding hydrogens is 382 g/mol. The highest BCUT2D eigenvalue weighted by atomic mass is 35.5. The monoisotopic (exact) mass is 401 g/mol. The molecule has 28 heavy (non-hydrogen) atoms. The molecule has 146 valence electrons. The summed E-state index contributed by atoms with van der Waals surface area (Å²) in [4.78, 5) is 26.6. The lowest BCUT2D eigenvalue weighted by molar-refractivity contribution is 0.0600. The van der Waals surface area contributed by atoms with Gasteiger partial charge in [-0.2, -0.15) is 4.98 Å². The number of hydrogen-bond acceptors (Lipinski definition) is 6. The Balaban J connectivity index is 1.55. The third-order valence-electron chi connectivity index (χ3n) is 5.02. The number of rotatable bonds is 4. The standard InChI is InChI=1S/C19H20ClN5O3/c1-11-5-6-12(16-23-18(28-24-16)15-8-13(20)9-22-15)10-25(11)19(26)14-4-3-7-21-17(14)27-2/h3-4,7-9,11-12,22H,5-6,10H2,1-2H3/t11-,12+/m1/s1. The lowest BCUT2D eigenvalue weighted by atomic mass is 9.92. The average molecular weight is 402 g/mol. The van der Waals surface area contributed by atoms with Gasteiger partial charge in [0.1, 0.15) is 11.3 Å². The number of halogens is 1. The molecule has 0 spiro atoms. The number of nitrogens with one attached hydrogen (secondary N) is 1. The molecule has 9 heteroatoms. The van der Waals surface area contributed by atoms with Gasteiger partial charge >= 0.3 is 0 Å². The van der Waals surface area contributed by atoms with Crippen molar-refractivity contribution in [2.24, 2.45) is 0 Å². The summed E-state index contributed by atoms with van der Waals surface area (Å²) in [5, 5.41) is 4.70. The first-order chi connectivity index (χ1) is 13.6. The highest BCUT2D eigenvalue weighted by Crippen LogP contribution is 2.32. The van der Waals surface area contributed by atoms with E-state index in [9.17, 15) is 4.79 Å². The van der Waals surface area contributed by atoms with Gasteiger partial charge in [-0.1, -0.05) is 16.8 Å². The fraction of sp³-hybridized carbons (Fsp3) is 0.368. The lowest BCUT2D eigenvalue weighted by Gasteiger charge is -2.37. The maximum Gasteiger partial charge on any atom is 0.274 e. The van der Waals surface area contributed by atoms with Gasteiger partial charge in [-0.15, -0.1) is 0 Å². The van der Waals surface area contributed by atoms with Crippen LogP contribution < -0.4 is 4.74 Å². The van der Waals surface area contributed by atoms with Crippen LogP contribution in [0.4, 0.5) is 0 Å². The summed E-state index contributed by atoms with van der Waals surface area (Å²) in [5.74, 6) is 1.18. The number of pyridine rings is 1. The van der Waals surface area contributed by atoms with Crippen molar-refractivity contribution in [1.82, 2.24) is 25.0 Å². The maximum absolute atomic E-state index is 13.1. The molecule has 3 aromatic rings. The van der Waals surface area contributed by atoms with Crippen molar-refractivity contribution in [3.8, 4) is 17.5 Å². The van der Waals surface area contributed by atoms with Gasteiger partial charge in [0, 0.05) is 30.9 Å². The van der Waals surface area contributed by atoms with Crippen LogP contribution in [0, 0.1) is 0 Å². The van der Waals surface area contributed by atoms with E-state index in [2.05, 4.69) is 20.1 Å². The summed E-state index contributed by atoms with van der Waals surface area (Å²) in [6.07, 6.45) is 4.98. The Bertz CT molecular complexity index is 985. The Hall–Kier alpha value is -2.87. The highest BCUT2D eigenvalue weighted by molar-refractivity contribution is 6.30. The Kier molecular flexibility index (Phi) is 5.04. The summed E-state index contributed by atoms with van der Waals surface area (Å²) in [5.41, 5.74) is 1.12. The number of nitrogens with zero attached hydrogens (tertiary/aromatic N) is 4. The smallest absolute Gasteiger partial charge is 0.274 e. The number of hydrogen-bond donors (Lipinski definition) is 1. The van der Waals surface area contributed by atoms with E-state index in [1.807, 2.05) is 11.8 Å². The van der Waals surface area contributed by atoms with E-state index in [4.69, 9.17) is 20.9 Å². The molecule has 1 fully saturated rings. The molecule has 3 aromatic heterocycles. The molecule has 4 rings (SSSR count). The Morgan fingerprint density at radius 1 is 1.43 bits per heavy atom. The van der Waals surface area contributed by atoms with Crippen molar-refractivity contribution in [3.63, 3.8) is 0 Å². The van der Waals surface area contributed by atoms with Gasteiger partial charge in [-0.05, 0) is 38.0 Å². The van der Waals surface area contributed by atoms with Crippen LogP contribution in [-0.4, -0.2) is 50.6 Å². The van der Waals surface area contributed by atoms with Crippen LogP contribution in [0.3, 0.4) is 0 Å². The number of ether oxygens (including phenoxy) is 1. The zero-order chi connectivity index (χ0) is 19.7. The molecule has 1 aliphatic rings. The summed E-state index contributed by atoms with van der Waals surface area (Å²) < 4.78 is 10.6. The lowest BCUT2D eigenvalue weighted by Crippen LogP contribution is -2.45. The topological polar surface area (TPSA) is 97.1 Å². The molecule has 1 aliphatic heterocycles. The van der Waals surface area contributed by atoms with Crippen molar-refractivity contribution < 1.29 is 14.1 Å². The maximum atomic E-state index is 13.1. The highest BCUT2D eigenvalue weighted by Gasteiger charge is 2.34. The van der Waals surface area contributed by atoms with E-state index >= 15 is 0 Å². The van der Waals surface area contributed by atoms with Crippen LogP contribution in [0.2, 0.25) is 5.02 Å². The van der Waals surface area contributed by atoms with Crippen LogP contribution in [-0.2, 0) is 0 Å². The molecule has 0 aliphatic carbocycles. The molecule has 0 radical (unpaired) electrons. The summed E-state index contributed by atoms with van der Waals surface area (Å²) in [6, 6.07) is 5.29. The molecule has 2 atom stereocenters. The van der Waals surface area contributed by atoms with Gasteiger partial charge in [-0.25, -0.2) is 4.98 Å². The van der Waals surface area contributed by atoms with E-state index in [0.717, 1.165) is 12.8 Å². The summed E-state index contributed by atoms with van der Waals surface area (Å²) in [6.45, 7) is 2.54. The normalized spacial score (nSPS) is 19.6. The van der Waals surface area contributed by atoms with Crippen LogP contribution in [0.1, 0.15) is 41.9 Å². The number of aromatic nitrogens is 4. The third-order valence-corrected chi connectivity index (χ3v) is 5.24. The summed E-state index contributed by atoms with van der Waals surface area (Å²) >= 11 is 5.94. The van der Waals surface area contributed by atoms with Gasteiger partial charge in [0.15, 0.2) is 5.82 Å². The molecule has 0 aromatic carbocycles. The van der Waals surface area contributed by atoms with E-state index in [1.54, 1.807) is 30.6 Å². The van der Waals surface area contributed by atoms with Gasteiger partial charge in [-0.3, -0.25) is 4.79 Å². The van der Waals surface area contributed by atoms with Gasteiger partial charge in [0.25, 0.3) is 11.8 Å². The Morgan fingerprint density at radius 3 is 3.04 bits per heavy atom. The number of carbonyl (C=O) groups is 1. The molecule has 4 heterocycles. The molecule has 0 bridgehead atoms. The SMILES string of the molecule is COc1ncccc1C(=O)N1C[C@@H](c2noc(-c3cc(Cl)c[nH]3)n2)CC[C@H]1C. The van der Waals surface area contributed by atoms with E-state index < -0.39 is 0 Å². The van der Waals surface area contributed by atoms with Crippen molar-refractivity contribution >= 4 is 17.5 Å². The van der Waals surface area contributed by atoms with Crippen LogP contribution in [0.15, 0.2) is 35.1 Å². The number of H-pyrrole nitrogens is 1. The van der Waals surface area contributed by atoms with Gasteiger partial charge < -0.3 is 19.1 Å². The fourth-order valence-corrected chi connectivity index (χ4v) is 3.64. The number of piperidine rings is 1. The van der Waals surface area contributed by atoms with Gasteiger partial charge in [0.2, 0.25) is 5.88 Å². The fourth-order valence-electron chi connectivity index (χ4n) is 3.47. The first-order valence-electron chi connectivity index (χ1n) is 9.04. The predicted molar refractivity (Wildman–Crippen MR) is 102 cm³/mol. The second-order valence-corrected chi connectivity index (χ2v) is 7.27. The van der Waals surface area contributed by atoms with Crippen molar-refractivity contribution in [3.05, 3.63) is 47.0 Å². The van der Waals surface area contributed by atoms with Crippen molar-refractivity contribution in [1.29, 1.82) is 0 Å². The molecule has 8 nitrogen and oxygen atoms in total. The number of aromatic amines is 1. The second kappa shape index (κ2) is 7.63. The van der Waals surface area contributed by atoms with Crippen molar-refractivity contribution in [2.75, 3.05) is 13.7 Å². The number of likely N-dealkylation sites (tertiary alicyclic amines) is 1. The largest absolute Gasteiger partial charge is 0.480 e. The van der Waals surface area contributed by atoms with Crippen LogP contribution >= 0.6 is 11.6 Å². The molecule has 1 amide bonds. The second-order valence-electron chi connectivity index (χ2n) is 6.83. The number of methoxy groups -OCH3 is 1. The van der Waals surface area contributed by atoms with Crippen molar-refractivity contribution in [2.45, 2.75) is 31.7 Å².